The topological polar surface area (TPSA) is 43.8 Å². The standard InChI is InChI=1S/C15H26N2O2/c1-15(7-4-3-5-13(18)6-8-15)14(19)17-11-9-16(2)10-12-17/h3,5,13,18H,4,6-12H2,1-2H3/b5-3-/t13-,15+/m1/s1. The summed E-state index contributed by atoms with van der Waals surface area (Å²) >= 11 is 0. The van der Waals surface area contributed by atoms with Gasteiger partial charge in [-0.05, 0) is 32.7 Å². The minimum Gasteiger partial charge on any atom is -0.389 e. The van der Waals surface area contributed by atoms with Crippen molar-refractivity contribution in [2.75, 3.05) is 33.2 Å². The summed E-state index contributed by atoms with van der Waals surface area (Å²) in [7, 11) is 2.10. The average molecular weight is 266 g/mol. The van der Waals surface area contributed by atoms with Gasteiger partial charge in [0, 0.05) is 31.6 Å². The molecule has 0 aromatic heterocycles. The van der Waals surface area contributed by atoms with E-state index in [0.717, 1.165) is 45.4 Å². The van der Waals surface area contributed by atoms with Crippen molar-refractivity contribution in [3.63, 3.8) is 0 Å². The molecule has 0 spiro atoms. The van der Waals surface area contributed by atoms with Crippen LogP contribution in [0.3, 0.4) is 0 Å². The molecule has 1 N–H and O–H groups in total. The zero-order chi connectivity index (χ0) is 13.9. The van der Waals surface area contributed by atoms with Gasteiger partial charge in [-0.1, -0.05) is 19.1 Å². The summed E-state index contributed by atoms with van der Waals surface area (Å²) in [6, 6.07) is 0. The molecule has 2 atom stereocenters. The number of likely N-dealkylation sites (N-methyl/N-ethyl adjacent to an activating group) is 1. The molecular formula is C15H26N2O2. The summed E-state index contributed by atoms with van der Waals surface area (Å²) in [4.78, 5) is 17.0. The summed E-state index contributed by atoms with van der Waals surface area (Å²) < 4.78 is 0. The number of aliphatic hydroxyl groups is 1. The number of aliphatic hydroxyl groups excluding tert-OH is 1. The van der Waals surface area contributed by atoms with Crippen LogP contribution in [-0.2, 0) is 4.79 Å². The lowest BCUT2D eigenvalue weighted by Crippen LogP contribution is -2.51. The van der Waals surface area contributed by atoms with Gasteiger partial charge in [-0.15, -0.1) is 0 Å². The predicted octanol–water partition coefficient (Wildman–Crippen LogP) is 1.26. The second-order valence-corrected chi connectivity index (χ2v) is 6.23. The Balaban J connectivity index is 2.01. The van der Waals surface area contributed by atoms with Gasteiger partial charge in [-0.2, -0.15) is 0 Å². The monoisotopic (exact) mass is 266 g/mol. The van der Waals surface area contributed by atoms with E-state index in [1.54, 1.807) is 0 Å². The largest absolute Gasteiger partial charge is 0.389 e. The summed E-state index contributed by atoms with van der Waals surface area (Å²) in [6.07, 6.45) is 6.73. The van der Waals surface area contributed by atoms with Crippen LogP contribution in [0.2, 0.25) is 0 Å². The molecule has 108 valence electrons. The van der Waals surface area contributed by atoms with Crippen LogP contribution in [0.4, 0.5) is 0 Å². The third-order valence-electron chi connectivity index (χ3n) is 4.52. The molecule has 1 heterocycles. The average Bonchev–Trinajstić information content (AvgIpc) is 2.40. The zero-order valence-corrected chi connectivity index (χ0v) is 12.1. The molecule has 4 heteroatoms. The molecule has 0 aromatic carbocycles. The van der Waals surface area contributed by atoms with Gasteiger partial charge in [-0.3, -0.25) is 4.79 Å². The number of rotatable bonds is 1. The van der Waals surface area contributed by atoms with E-state index in [4.69, 9.17) is 0 Å². The summed E-state index contributed by atoms with van der Waals surface area (Å²) in [5.74, 6) is 0.281. The molecule has 19 heavy (non-hydrogen) atoms. The molecule has 4 nitrogen and oxygen atoms in total. The van der Waals surface area contributed by atoms with E-state index in [2.05, 4.69) is 18.9 Å². The summed E-state index contributed by atoms with van der Waals surface area (Å²) in [5, 5.41) is 9.75. The normalized spacial score (nSPS) is 35.5. The quantitative estimate of drug-likeness (QED) is 0.727. The van der Waals surface area contributed by atoms with Crippen LogP contribution in [0.15, 0.2) is 12.2 Å². The van der Waals surface area contributed by atoms with Crippen molar-refractivity contribution in [2.24, 2.45) is 5.41 Å². The Kier molecular flexibility index (Phi) is 4.63. The third-order valence-corrected chi connectivity index (χ3v) is 4.52. The maximum absolute atomic E-state index is 12.8. The molecule has 1 saturated heterocycles. The molecule has 2 aliphatic rings. The molecule has 0 radical (unpaired) electrons. The van der Waals surface area contributed by atoms with E-state index >= 15 is 0 Å². The highest BCUT2D eigenvalue weighted by Crippen LogP contribution is 2.34. The van der Waals surface area contributed by atoms with Gasteiger partial charge < -0.3 is 14.9 Å². The Morgan fingerprint density at radius 3 is 2.63 bits per heavy atom. The molecule has 0 aromatic rings. The maximum Gasteiger partial charge on any atom is 0.228 e. The van der Waals surface area contributed by atoms with Crippen molar-refractivity contribution < 1.29 is 9.90 Å². The number of amides is 1. The number of piperazine rings is 1. The zero-order valence-electron chi connectivity index (χ0n) is 12.1. The molecule has 0 bridgehead atoms. The van der Waals surface area contributed by atoms with Crippen LogP contribution in [-0.4, -0.2) is 60.1 Å². The third kappa shape index (κ3) is 3.57. The van der Waals surface area contributed by atoms with E-state index in [1.807, 2.05) is 17.1 Å². The molecule has 1 aliphatic carbocycles. The molecule has 1 amide bonds. The van der Waals surface area contributed by atoms with Crippen LogP contribution < -0.4 is 0 Å². The van der Waals surface area contributed by atoms with Gasteiger partial charge >= 0.3 is 0 Å². The number of carbonyl (C=O) groups excluding carboxylic acids is 1. The molecule has 1 aliphatic heterocycles. The van der Waals surface area contributed by atoms with Crippen molar-refractivity contribution in [1.29, 1.82) is 0 Å². The van der Waals surface area contributed by atoms with E-state index in [0.29, 0.717) is 6.42 Å². The lowest BCUT2D eigenvalue weighted by Gasteiger charge is -2.39. The van der Waals surface area contributed by atoms with Gasteiger partial charge in [0.2, 0.25) is 5.91 Å². The Morgan fingerprint density at radius 2 is 1.95 bits per heavy atom. The van der Waals surface area contributed by atoms with Crippen molar-refractivity contribution in [1.82, 2.24) is 9.80 Å². The van der Waals surface area contributed by atoms with Crippen LogP contribution in [0.5, 0.6) is 0 Å². The maximum atomic E-state index is 12.8. The highest BCUT2D eigenvalue weighted by atomic mass is 16.3. The van der Waals surface area contributed by atoms with Crippen molar-refractivity contribution in [3.8, 4) is 0 Å². The van der Waals surface area contributed by atoms with Crippen LogP contribution >= 0.6 is 0 Å². The first kappa shape index (κ1) is 14.5. The summed E-state index contributed by atoms with van der Waals surface area (Å²) in [6.45, 7) is 5.67. The molecule has 0 saturated carbocycles. The molecule has 0 unspecified atom stereocenters. The second kappa shape index (κ2) is 6.06. The Bertz CT molecular complexity index is 348. The van der Waals surface area contributed by atoms with Gasteiger partial charge in [-0.25, -0.2) is 0 Å². The van der Waals surface area contributed by atoms with Gasteiger partial charge in [0.25, 0.3) is 0 Å². The van der Waals surface area contributed by atoms with E-state index < -0.39 is 0 Å². The highest BCUT2D eigenvalue weighted by Gasteiger charge is 2.37. The number of hydrogen-bond donors (Lipinski definition) is 1. The smallest absolute Gasteiger partial charge is 0.228 e. The molecule has 1 fully saturated rings. The first-order chi connectivity index (χ1) is 9.01. The number of carbonyl (C=O) groups is 1. The van der Waals surface area contributed by atoms with Crippen LogP contribution in [0, 0.1) is 5.41 Å². The minimum atomic E-state index is -0.389. The van der Waals surface area contributed by atoms with Crippen molar-refractivity contribution >= 4 is 5.91 Å². The fraction of sp³-hybridized carbons (Fsp3) is 0.800. The van der Waals surface area contributed by atoms with Gasteiger partial charge in [0.05, 0.1) is 6.10 Å². The first-order valence-electron chi connectivity index (χ1n) is 7.34. The lowest BCUT2D eigenvalue weighted by atomic mass is 9.77. The second-order valence-electron chi connectivity index (χ2n) is 6.23. The van der Waals surface area contributed by atoms with Gasteiger partial charge in [0.15, 0.2) is 0 Å². The Morgan fingerprint density at radius 1 is 1.26 bits per heavy atom. The highest BCUT2D eigenvalue weighted by molar-refractivity contribution is 5.82. The number of allylic oxidation sites excluding steroid dienone is 1. The number of hydrogen-bond acceptors (Lipinski definition) is 3. The van der Waals surface area contributed by atoms with E-state index in [9.17, 15) is 9.90 Å². The predicted molar refractivity (Wildman–Crippen MR) is 75.8 cm³/mol. The SMILES string of the molecule is CN1CCN(C(=O)[C@@]2(C)CC/C=C\[C@@H](O)CC2)CC1. The van der Waals surface area contributed by atoms with E-state index in [1.165, 1.54) is 0 Å². The van der Waals surface area contributed by atoms with Crippen molar-refractivity contribution in [3.05, 3.63) is 12.2 Å². The van der Waals surface area contributed by atoms with E-state index in [-0.39, 0.29) is 17.4 Å². The Labute approximate surface area is 116 Å². The minimum absolute atomic E-state index is 0.281. The first-order valence-corrected chi connectivity index (χ1v) is 7.34. The summed E-state index contributed by atoms with van der Waals surface area (Å²) in [5.41, 5.74) is -0.304. The lowest BCUT2D eigenvalue weighted by molar-refractivity contribution is -0.144. The fourth-order valence-electron chi connectivity index (χ4n) is 2.95. The molecule has 2 rings (SSSR count). The number of nitrogens with zero attached hydrogens (tertiary/aromatic N) is 2. The molecular weight excluding hydrogens is 240 g/mol. The van der Waals surface area contributed by atoms with Crippen LogP contribution in [0.1, 0.15) is 32.6 Å². The fourth-order valence-corrected chi connectivity index (χ4v) is 2.95. The van der Waals surface area contributed by atoms with Crippen molar-refractivity contribution in [2.45, 2.75) is 38.7 Å². The van der Waals surface area contributed by atoms with Crippen LogP contribution in [0.25, 0.3) is 0 Å². The Hall–Kier alpha value is -0.870. The van der Waals surface area contributed by atoms with Gasteiger partial charge in [0.1, 0.15) is 0 Å².